The number of hydrogen-bond donors (Lipinski definition) is 2. The van der Waals surface area contributed by atoms with Gasteiger partial charge in [0.15, 0.2) is 5.13 Å². The average molecular weight is 297 g/mol. The van der Waals surface area contributed by atoms with Crippen LogP contribution in [-0.2, 0) is 6.42 Å². The summed E-state index contributed by atoms with van der Waals surface area (Å²) in [7, 11) is 0. The van der Waals surface area contributed by atoms with Crippen LogP contribution in [0.15, 0.2) is 36.0 Å². The van der Waals surface area contributed by atoms with Crippen LogP contribution in [0.5, 0.6) is 0 Å². The molecule has 1 saturated carbocycles. The van der Waals surface area contributed by atoms with Crippen LogP contribution in [0.25, 0.3) is 11.3 Å². The van der Waals surface area contributed by atoms with E-state index in [0.29, 0.717) is 0 Å². The van der Waals surface area contributed by atoms with Gasteiger partial charge >= 0.3 is 0 Å². The molecule has 0 amide bonds. The van der Waals surface area contributed by atoms with Gasteiger partial charge in [-0.3, -0.25) is 5.10 Å². The van der Waals surface area contributed by atoms with E-state index < -0.39 is 0 Å². The number of rotatable bonds is 5. The molecule has 3 aromatic heterocycles. The van der Waals surface area contributed by atoms with Crippen molar-refractivity contribution in [2.75, 3.05) is 5.32 Å². The smallest absolute Gasteiger partial charge is 0.188 e. The summed E-state index contributed by atoms with van der Waals surface area (Å²) in [5.74, 6) is 1.64. The molecule has 2 N–H and O–H groups in total. The molecule has 21 heavy (non-hydrogen) atoms. The van der Waals surface area contributed by atoms with Gasteiger partial charge in [-0.2, -0.15) is 5.10 Å². The molecule has 5 nitrogen and oxygen atoms in total. The Morgan fingerprint density at radius 2 is 2.29 bits per heavy atom. The van der Waals surface area contributed by atoms with Crippen LogP contribution < -0.4 is 5.32 Å². The van der Waals surface area contributed by atoms with Gasteiger partial charge in [-0.05, 0) is 37.3 Å². The fraction of sp³-hybridized carbons (Fsp3) is 0.267. The zero-order valence-corrected chi connectivity index (χ0v) is 12.2. The molecular formula is C15H15N5S. The van der Waals surface area contributed by atoms with Crippen LogP contribution in [0, 0.1) is 5.92 Å². The van der Waals surface area contributed by atoms with E-state index in [2.05, 4.69) is 30.9 Å². The van der Waals surface area contributed by atoms with Crippen LogP contribution >= 0.6 is 11.3 Å². The van der Waals surface area contributed by atoms with Gasteiger partial charge < -0.3 is 5.32 Å². The summed E-state index contributed by atoms with van der Waals surface area (Å²) in [5.41, 5.74) is 3.29. The molecule has 0 unspecified atom stereocenters. The molecule has 3 aromatic rings. The molecule has 1 fully saturated rings. The normalized spacial score (nSPS) is 14.3. The first-order valence-corrected chi connectivity index (χ1v) is 7.92. The maximum absolute atomic E-state index is 4.64. The van der Waals surface area contributed by atoms with E-state index in [1.54, 1.807) is 17.5 Å². The molecule has 106 valence electrons. The van der Waals surface area contributed by atoms with Gasteiger partial charge in [0.05, 0.1) is 11.9 Å². The maximum Gasteiger partial charge on any atom is 0.188 e. The van der Waals surface area contributed by atoms with Crippen molar-refractivity contribution in [1.82, 2.24) is 20.2 Å². The number of aromatic nitrogens is 4. The Morgan fingerprint density at radius 1 is 1.33 bits per heavy atom. The van der Waals surface area contributed by atoms with Crippen molar-refractivity contribution in [2.45, 2.75) is 19.3 Å². The van der Waals surface area contributed by atoms with Gasteiger partial charge in [0, 0.05) is 22.8 Å². The third kappa shape index (κ3) is 2.80. The van der Waals surface area contributed by atoms with Crippen LogP contribution in [0.2, 0.25) is 0 Å². The zero-order chi connectivity index (χ0) is 14.1. The van der Waals surface area contributed by atoms with E-state index in [1.807, 2.05) is 24.4 Å². The Bertz CT molecular complexity index is 729. The Hall–Kier alpha value is -2.21. The Kier molecular flexibility index (Phi) is 3.16. The standard InChI is InChI=1S/C15H15N5S/c1-2-6-16-14(3-1)19-15-18-13(9-21-15)11-8-17-20-12(11)7-10-4-5-10/h1-3,6,8-10H,4-5,7H2,(H,17,20)(H,16,18,19). The second-order valence-corrected chi connectivity index (χ2v) is 6.15. The van der Waals surface area contributed by atoms with Crippen molar-refractivity contribution in [3.8, 4) is 11.3 Å². The van der Waals surface area contributed by atoms with Crippen LogP contribution in [0.3, 0.4) is 0 Å². The van der Waals surface area contributed by atoms with Crippen molar-refractivity contribution in [3.63, 3.8) is 0 Å². The van der Waals surface area contributed by atoms with Gasteiger partial charge in [0.2, 0.25) is 0 Å². The minimum Gasteiger partial charge on any atom is -0.316 e. The van der Waals surface area contributed by atoms with E-state index in [1.165, 1.54) is 18.5 Å². The fourth-order valence-electron chi connectivity index (χ4n) is 2.30. The number of aromatic amines is 1. The summed E-state index contributed by atoms with van der Waals surface area (Å²) < 4.78 is 0. The quantitative estimate of drug-likeness (QED) is 0.754. The highest BCUT2D eigenvalue weighted by molar-refractivity contribution is 7.14. The molecule has 0 aliphatic heterocycles. The van der Waals surface area contributed by atoms with Crippen LogP contribution in [0.1, 0.15) is 18.5 Å². The largest absolute Gasteiger partial charge is 0.316 e. The highest BCUT2D eigenvalue weighted by atomic mass is 32.1. The van der Waals surface area contributed by atoms with E-state index in [9.17, 15) is 0 Å². The van der Waals surface area contributed by atoms with Crippen LogP contribution in [-0.4, -0.2) is 20.2 Å². The molecule has 0 aromatic carbocycles. The molecule has 0 saturated heterocycles. The number of pyridine rings is 1. The first-order valence-electron chi connectivity index (χ1n) is 7.04. The van der Waals surface area contributed by atoms with E-state index >= 15 is 0 Å². The van der Waals surface area contributed by atoms with Gasteiger partial charge in [-0.1, -0.05) is 6.07 Å². The van der Waals surface area contributed by atoms with Gasteiger partial charge in [0.25, 0.3) is 0 Å². The number of hydrogen-bond acceptors (Lipinski definition) is 5. The monoisotopic (exact) mass is 297 g/mol. The molecular weight excluding hydrogens is 282 g/mol. The average Bonchev–Trinajstić information content (AvgIpc) is 3.00. The van der Waals surface area contributed by atoms with Crippen molar-refractivity contribution in [3.05, 3.63) is 41.7 Å². The number of thiazole rings is 1. The topological polar surface area (TPSA) is 66.5 Å². The minimum atomic E-state index is 0.809. The lowest BCUT2D eigenvalue weighted by atomic mass is 10.1. The summed E-state index contributed by atoms with van der Waals surface area (Å²) in [5, 5.41) is 13.4. The summed E-state index contributed by atoms with van der Waals surface area (Å²) in [6.07, 6.45) is 7.39. The third-order valence-electron chi connectivity index (χ3n) is 3.59. The fourth-order valence-corrected chi connectivity index (χ4v) is 3.02. The van der Waals surface area contributed by atoms with E-state index in [-0.39, 0.29) is 0 Å². The highest BCUT2D eigenvalue weighted by Crippen LogP contribution is 2.35. The van der Waals surface area contributed by atoms with Crippen molar-refractivity contribution in [1.29, 1.82) is 0 Å². The first kappa shape index (κ1) is 12.5. The number of H-pyrrole nitrogens is 1. The summed E-state index contributed by atoms with van der Waals surface area (Å²) in [6, 6.07) is 5.78. The Morgan fingerprint density at radius 3 is 3.10 bits per heavy atom. The predicted molar refractivity (Wildman–Crippen MR) is 83.6 cm³/mol. The Balaban J connectivity index is 1.55. The number of anilines is 2. The van der Waals surface area contributed by atoms with E-state index in [0.717, 1.165) is 34.5 Å². The summed E-state index contributed by atoms with van der Waals surface area (Å²) in [4.78, 5) is 8.89. The molecule has 1 aliphatic rings. The molecule has 3 heterocycles. The predicted octanol–water partition coefficient (Wildman–Crippen LogP) is 3.62. The number of nitrogens with one attached hydrogen (secondary N) is 2. The first-order chi connectivity index (χ1) is 10.4. The Labute approximate surface area is 126 Å². The molecule has 0 atom stereocenters. The molecule has 1 aliphatic carbocycles. The lowest BCUT2D eigenvalue weighted by molar-refractivity contribution is 0.797. The molecule has 0 spiro atoms. The molecule has 0 radical (unpaired) electrons. The van der Waals surface area contributed by atoms with Crippen molar-refractivity contribution in [2.24, 2.45) is 5.92 Å². The zero-order valence-electron chi connectivity index (χ0n) is 11.4. The minimum absolute atomic E-state index is 0.809. The number of nitrogens with zero attached hydrogens (tertiary/aromatic N) is 3. The SMILES string of the molecule is c1ccc(Nc2nc(-c3cn[nH]c3CC3CC3)cs2)nc1. The van der Waals surface area contributed by atoms with Crippen LogP contribution in [0.4, 0.5) is 10.9 Å². The van der Waals surface area contributed by atoms with Crippen molar-refractivity contribution < 1.29 is 0 Å². The molecule has 4 rings (SSSR count). The lowest BCUT2D eigenvalue weighted by Gasteiger charge is -2.00. The van der Waals surface area contributed by atoms with E-state index in [4.69, 9.17) is 0 Å². The second-order valence-electron chi connectivity index (χ2n) is 5.29. The highest BCUT2D eigenvalue weighted by Gasteiger charge is 2.24. The maximum atomic E-state index is 4.64. The van der Waals surface area contributed by atoms with Crippen molar-refractivity contribution >= 4 is 22.3 Å². The summed E-state index contributed by atoms with van der Waals surface area (Å²) in [6.45, 7) is 0. The molecule has 0 bridgehead atoms. The summed E-state index contributed by atoms with van der Waals surface area (Å²) >= 11 is 1.58. The second kappa shape index (κ2) is 5.29. The third-order valence-corrected chi connectivity index (χ3v) is 4.35. The lowest BCUT2D eigenvalue weighted by Crippen LogP contribution is -1.93. The van der Waals surface area contributed by atoms with Gasteiger partial charge in [0.1, 0.15) is 5.82 Å². The van der Waals surface area contributed by atoms with Gasteiger partial charge in [-0.15, -0.1) is 11.3 Å². The molecule has 6 heteroatoms. The van der Waals surface area contributed by atoms with Gasteiger partial charge in [-0.25, -0.2) is 9.97 Å².